The number of nitrogen functional groups attached to an aromatic ring is 1. The zero-order valence-corrected chi connectivity index (χ0v) is 21.7. The van der Waals surface area contributed by atoms with Crippen LogP contribution < -0.4 is 16.4 Å². The Kier molecular flexibility index (Phi) is 12.2. The molecule has 35 heavy (non-hydrogen) atoms. The summed E-state index contributed by atoms with van der Waals surface area (Å²) in [5, 5.41) is 9.12. The summed E-state index contributed by atoms with van der Waals surface area (Å²) >= 11 is 0. The minimum atomic E-state index is 0.561. The molecule has 0 fully saturated rings. The Hall–Kier alpha value is -2.82. The van der Waals surface area contributed by atoms with Gasteiger partial charge in [-0.05, 0) is 17.9 Å². The van der Waals surface area contributed by atoms with Crippen LogP contribution in [0.3, 0.4) is 0 Å². The predicted molar refractivity (Wildman–Crippen MR) is 152 cm³/mol. The molecule has 4 N–H and O–H groups in total. The van der Waals surface area contributed by atoms with Crippen LogP contribution in [0.1, 0.15) is 96.8 Å². The molecule has 3 rings (SSSR count). The highest BCUT2D eigenvalue weighted by atomic mass is 15.1. The molecule has 0 aliphatic rings. The number of fused-ring (bicyclic) bond motifs is 1. The highest BCUT2D eigenvalue weighted by Gasteiger charge is 2.09. The fourth-order valence-corrected chi connectivity index (χ4v) is 4.62. The van der Waals surface area contributed by atoms with Gasteiger partial charge in [0.25, 0.3) is 0 Å². The van der Waals surface area contributed by atoms with Crippen molar-refractivity contribution in [1.82, 2.24) is 9.97 Å². The summed E-state index contributed by atoms with van der Waals surface area (Å²) in [5.41, 5.74) is 7.94. The fourth-order valence-electron chi connectivity index (χ4n) is 4.62. The van der Waals surface area contributed by atoms with Crippen molar-refractivity contribution in [1.29, 1.82) is 0 Å². The van der Waals surface area contributed by atoms with Crippen LogP contribution >= 0.6 is 0 Å². The first kappa shape index (κ1) is 26.8. The molecule has 0 radical (unpaired) electrons. The molecule has 3 aromatic rings. The number of nitrogens with one attached hydrogen (secondary N) is 2. The van der Waals surface area contributed by atoms with E-state index in [2.05, 4.69) is 45.7 Å². The second kappa shape index (κ2) is 16.0. The first-order valence-corrected chi connectivity index (χ1v) is 13.9. The van der Waals surface area contributed by atoms with Crippen LogP contribution in [0.2, 0.25) is 0 Å². The van der Waals surface area contributed by atoms with E-state index < -0.39 is 0 Å². The molecular formula is C30H45N5. The predicted octanol–water partition coefficient (Wildman–Crippen LogP) is 8.85. The zero-order chi connectivity index (χ0) is 24.6. The normalized spacial score (nSPS) is 11.1. The van der Waals surface area contributed by atoms with Crippen molar-refractivity contribution in [2.24, 2.45) is 0 Å². The molecule has 0 saturated carbocycles. The molecule has 0 saturated heterocycles. The third kappa shape index (κ3) is 9.39. The summed E-state index contributed by atoms with van der Waals surface area (Å²) < 4.78 is 0. The molecule has 0 bridgehead atoms. The van der Waals surface area contributed by atoms with Gasteiger partial charge >= 0.3 is 0 Å². The van der Waals surface area contributed by atoms with Gasteiger partial charge in [0, 0.05) is 17.6 Å². The molecule has 0 unspecified atom stereocenters. The van der Waals surface area contributed by atoms with Crippen molar-refractivity contribution in [2.75, 3.05) is 22.9 Å². The monoisotopic (exact) mass is 475 g/mol. The van der Waals surface area contributed by atoms with Crippen LogP contribution in [0.4, 0.5) is 23.0 Å². The summed E-state index contributed by atoms with van der Waals surface area (Å²) in [4.78, 5) is 8.73. The van der Waals surface area contributed by atoms with Crippen molar-refractivity contribution >= 4 is 33.8 Å². The molecule has 0 aliphatic carbocycles. The van der Waals surface area contributed by atoms with E-state index in [4.69, 9.17) is 5.73 Å². The topological polar surface area (TPSA) is 75.9 Å². The van der Waals surface area contributed by atoms with Crippen molar-refractivity contribution < 1.29 is 0 Å². The third-order valence-corrected chi connectivity index (χ3v) is 6.75. The van der Waals surface area contributed by atoms with E-state index in [-0.39, 0.29) is 0 Å². The Balaban J connectivity index is 1.28. The van der Waals surface area contributed by atoms with Gasteiger partial charge in [-0.3, -0.25) is 0 Å². The van der Waals surface area contributed by atoms with E-state index in [0.29, 0.717) is 17.3 Å². The van der Waals surface area contributed by atoms with Gasteiger partial charge in [-0.15, -0.1) is 0 Å². The largest absolute Gasteiger partial charge is 0.393 e. The Bertz CT molecular complexity index is 982. The highest BCUT2D eigenvalue weighted by Crippen LogP contribution is 2.30. The number of benzene rings is 2. The minimum Gasteiger partial charge on any atom is -0.393 e. The number of nitrogens with two attached hydrogens (primary N) is 1. The molecule has 2 aromatic carbocycles. The SMILES string of the molecule is CCCCCCCCCCCCCCCCNc1ncnc(Nc2cccc3ccccc23)c1N. The van der Waals surface area contributed by atoms with E-state index in [1.165, 1.54) is 88.9 Å². The first-order valence-electron chi connectivity index (χ1n) is 13.9. The van der Waals surface area contributed by atoms with E-state index in [1.807, 2.05) is 24.3 Å². The van der Waals surface area contributed by atoms with E-state index in [0.717, 1.165) is 24.0 Å². The van der Waals surface area contributed by atoms with Gasteiger partial charge in [-0.25, -0.2) is 9.97 Å². The average molecular weight is 476 g/mol. The lowest BCUT2D eigenvalue weighted by Crippen LogP contribution is -2.09. The smallest absolute Gasteiger partial charge is 0.159 e. The molecule has 5 nitrogen and oxygen atoms in total. The Morgan fingerprint density at radius 1 is 0.657 bits per heavy atom. The maximum absolute atomic E-state index is 6.39. The summed E-state index contributed by atoms with van der Waals surface area (Å²) in [5.74, 6) is 1.34. The molecule has 0 atom stereocenters. The van der Waals surface area contributed by atoms with Gasteiger partial charge in [0.1, 0.15) is 12.0 Å². The Labute approximate surface area is 212 Å². The number of aromatic nitrogens is 2. The molecule has 0 amide bonds. The van der Waals surface area contributed by atoms with Crippen LogP contribution in [0.25, 0.3) is 10.8 Å². The van der Waals surface area contributed by atoms with Crippen molar-refractivity contribution in [2.45, 2.75) is 96.8 Å². The van der Waals surface area contributed by atoms with Crippen LogP contribution in [0, 0.1) is 0 Å². The first-order chi connectivity index (χ1) is 17.3. The zero-order valence-electron chi connectivity index (χ0n) is 21.7. The Morgan fingerprint density at radius 2 is 1.23 bits per heavy atom. The van der Waals surface area contributed by atoms with Crippen molar-refractivity contribution in [3.05, 3.63) is 48.8 Å². The number of hydrogen-bond donors (Lipinski definition) is 3. The second-order valence-corrected chi connectivity index (χ2v) is 9.66. The molecule has 0 spiro atoms. The number of anilines is 4. The van der Waals surface area contributed by atoms with E-state index >= 15 is 0 Å². The maximum atomic E-state index is 6.39. The maximum Gasteiger partial charge on any atom is 0.159 e. The summed E-state index contributed by atoms with van der Waals surface area (Å²) in [6, 6.07) is 14.5. The van der Waals surface area contributed by atoms with Gasteiger partial charge in [-0.2, -0.15) is 0 Å². The standard InChI is InChI=1S/C30H45N5/c1-2-3-4-5-6-7-8-9-10-11-12-13-14-17-23-32-29-28(31)30(34-24-33-29)35-27-22-18-20-25-19-15-16-21-26(25)27/h15-16,18-22,24H,2-14,17,23,31H2,1H3,(H2,32,33,34,35). The minimum absolute atomic E-state index is 0.561. The van der Waals surface area contributed by atoms with Crippen LogP contribution in [-0.2, 0) is 0 Å². The number of hydrogen-bond acceptors (Lipinski definition) is 5. The van der Waals surface area contributed by atoms with Gasteiger partial charge < -0.3 is 16.4 Å². The van der Waals surface area contributed by atoms with Gasteiger partial charge in [0.15, 0.2) is 11.6 Å². The van der Waals surface area contributed by atoms with Gasteiger partial charge in [0.2, 0.25) is 0 Å². The fraction of sp³-hybridized carbons (Fsp3) is 0.533. The lowest BCUT2D eigenvalue weighted by atomic mass is 10.0. The summed E-state index contributed by atoms with van der Waals surface area (Å²) in [6.45, 7) is 3.17. The molecule has 190 valence electrons. The molecule has 5 heteroatoms. The lowest BCUT2D eigenvalue weighted by Gasteiger charge is -2.14. The quantitative estimate of drug-likeness (QED) is 0.160. The van der Waals surface area contributed by atoms with Crippen LogP contribution in [0.15, 0.2) is 48.8 Å². The molecule has 1 aromatic heterocycles. The summed E-state index contributed by atoms with van der Waals surface area (Å²) in [6.07, 6.45) is 20.7. The van der Waals surface area contributed by atoms with E-state index in [9.17, 15) is 0 Å². The van der Waals surface area contributed by atoms with Gasteiger partial charge in [-0.1, -0.05) is 127 Å². The second-order valence-electron chi connectivity index (χ2n) is 9.66. The summed E-state index contributed by atoms with van der Waals surface area (Å²) in [7, 11) is 0. The lowest BCUT2D eigenvalue weighted by molar-refractivity contribution is 0.537. The highest BCUT2D eigenvalue weighted by molar-refractivity contribution is 5.96. The Morgan fingerprint density at radius 3 is 1.91 bits per heavy atom. The van der Waals surface area contributed by atoms with Crippen molar-refractivity contribution in [3.8, 4) is 0 Å². The molecule has 1 heterocycles. The average Bonchev–Trinajstić information content (AvgIpc) is 2.88. The number of unbranched alkanes of at least 4 members (excludes halogenated alkanes) is 13. The van der Waals surface area contributed by atoms with E-state index in [1.54, 1.807) is 6.33 Å². The van der Waals surface area contributed by atoms with Crippen LogP contribution in [0.5, 0.6) is 0 Å². The number of rotatable bonds is 18. The molecular weight excluding hydrogens is 430 g/mol. The third-order valence-electron chi connectivity index (χ3n) is 6.75. The number of nitrogens with zero attached hydrogens (tertiary/aromatic N) is 2. The van der Waals surface area contributed by atoms with Crippen LogP contribution in [-0.4, -0.2) is 16.5 Å². The van der Waals surface area contributed by atoms with Crippen molar-refractivity contribution in [3.63, 3.8) is 0 Å². The molecule has 0 aliphatic heterocycles. The van der Waals surface area contributed by atoms with Gasteiger partial charge in [0.05, 0.1) is 0 Å².